The van der Waals surface area contributed by atoms with Crippen LogP contribution in [-0.2, 0) is 6.42 Å². The number of aromatic nitrogens is 1. The number of nitrogens with one attached hydrogen (secondary N) is 1. The summed E-state index contributed by atoms with van der Waals surface area (Å²) in [5.41, 5.74) is 3.20. The lowest BCUT2D eigenvalue weighted by molar-refractivity contribution is 0.438. The minimum absolute atomic E-state index is 0.578. The maximum absolute atomic E-state index is 5.41. The van der Waals surface area contributed by atoms with Crippen LogP contribution in [0, 0.1) is 6.92 Å². The number of para-hydroxylation sites is 1. The highest BCUT2D eigenvalue weighted by molar-refractivity contribution is 5.82. The first-order valence-corrected chi connectivity index (χ1v) is 5.92. The van der Waals surface area contributed by atoms with Crippen LogP contribution < -0.4 is 5.32 Å². The van der Waals surface area contributed by atoms with Crippen LogP contribution in [0.25, 0.3) is 11.0 Å². The van der Waals surface area contributed by atoms with E-state index < -0.39 is 0 Å². The highest BCUT2D eigenvalue weighted by Gasteiger charge is 2.18. The number of hydrogen-bond acceptors (Lipinski definition) is 3. The summed E-state index contributed by atoms with van der Waals surface area (Å²) in [5, 5.41) is 8.87. The minimum atomic E-state index is 0.578. The molecule has 1 N–H and O–H groups in total. The van der Waals surface area contributed by atoms with Crippen molar-refractivity contribution in [3.63, 3.8) is 0 Å². The Hall–Kier alpha value is -1.35. The predicted octanol–water partition coefficient (Wildman–Crippen LogP) is 2.43. The third-order valence-corrected chi connectivity index (χ3v) is 3.37. The third kappa shape index (κ3) is 1.61. The topological polar surface area (TPSA) is 38.1 Å². The number of hydrogen-bond donors (Lipinski definition) is 1. The average Bonchev–Trinajstić information content (AvgIpc) is 2.90. The Morgan fingerprint density at radius 1 is 1.50 bits per heavy atom. The van der Waals surface area contributed by atoms with Gasteiger partial charge in [0, 0.05) is 17.8 Å². The monoisotopic (exact) mass is 216 g/mol. The zero-order valence-electron chi connectivity index (χ0n) is 9.49. The summed E-state index contributed by atoms with van der Waals surface area (Å²) in [4.78, 5) is 0. The molecule has 0 saturated carbocycles. The van der Waals surface area contributed by atoms with Crippen molar-refractivity contribution < 1.29 is 4.52 Å². The van der Waals surface area contributed by atoms with Gasteiger partial charge in [-0.1, -0.05) is 17.3 Å². The van der Waals surface area contributed by atoms with Crippen molar-refractivity contribution in [3.8, 4) is 0 Å². The predicted molar refractivity (Wildman–Crippen MR) is 63.5 cm³/mol. The first-order valence-electron chi connectivity index (χ1n) is 5.92. The van der Waals surface area contributed by atoms with E-state index in [9.17, 15) is 0 Å². The SMILES string of the molecule is Cc1cccc2c(CC3CCCN3)noc12. The van der Waals surface area contributed by atoms with Crippen LogP contribution in [0.15, 0.2) is 22.7 Å². The van der Waals surface area contributed by atoms with Crippen LogP contribution >= 0.6 is 0 Å². The second-order valence-electron chi connectivity index (χ2n) is 4.58. The molecule has 2 aromatic rings. The molecule has 16 heavy (non-hydrogen) atoms. The molecule has 1 saturated heterocycles. The summed E-state index contributed by atoms with van der Waals surface area (Å²) >= 11 is 0. The molecule has 1 aliphatic heterocycles. The van der Waals surface area contributed by atoms with Gasteiger partial charge in [0.05, 0.1) is 5.69 Å². The fraction of sp³-hybridized carbons (Fsp3) is 0.462. The van der Waals surface area contributed by atoms with Crippen molar-refractivity contribution in [2.24, 2.45) is 0 Å². The lowest BCUT2D eigenvalue weighted by Gasteiger charge is -2.06. The van der Waals surface area contributed by atoms with Gasteiger partial charge in [0.15, 0.2) is 5.58 Å². The largest absolute Gasteiger partial charge is 0.356 e. The zero-order chi connectivity index (χ0) is 11.0. The van der Waals surface area contributed by atoms with Gasteiger partial charge >= 0.3 is 0 Å². The van der Waals surface area contributed by atoms with Gasteiger partial charge in [-0.15, -0.1) is 0 Å². The highest BCUT2D eigenvalue weighted by atomic mass is 16.5. The molecule has 0 aliphatic carbocycles. The molecule has 84 valence electrons. The second kappa shape index (κ2) is 3.91. The number of benzene rings is 1. The molecule has 1 aliphatic rings. The van der Waals surface area contributed by atoms with Gasteiger partial charge in [-0.25, -0.2) is 0 Å². The number of nitrogens with zero attached hydrogens (tertiary/aromatic N) is 1. The van der Waals surface area contributed by atoms with Crippen molar-refractivity contribution >= 4 is 11.0 Å². The first kappa shape index (κ1) is 9.85. The summed E-state index contributed by atoms with van der Waals surface area (Å²) in [7, 11) is 0. The standard InChI is InChI=1S/C13H16N2O/c1-9-4-2-6-11-12(15-16-13(9)11)8-10-5-3-7-14-10/h2,4,6,10,14H,3,5,7-8H2,1H3. The van der Waals surface area contributed by atoms with Crippen LogP contribution in [0.4, 0.5) is 0 Å². The van der Waals surface area contributed by atoms with Crippen LogP contribution in [0.3, 0.4) is 0 Å². The van der Waals surface area contributed by atoms with E-state index in [1.807, 2.05) is 0 Å². The average molecular weight is 216 g/mol. The summed E-state index contributed by atoms with van der Waals surface area (Å²) in [6.45, 7) is 3.20. The van der Waals surface area contributed by atoms with Gasteiger partial charge in [0.1, 0.15) is 0 Å². The van der Waals surface area contributed by atoms with E-state index in [-0.39, 0.29) is 0 Å². The van der Waals surface area contributed by atoms with Crippen molar-refractivity contribution in [3.05, 3.63) is 29.5 Å². The molecule has 1 unspecified atom stereocenters. The molecule has 1 fully saturated rings. The Morgan fingerprint density at radius 2 is 2.44 bits per heavy atom. The Bertz CT molecular complexity index is 498. The molecule has 3 nitrogen and oxygen atoms in total. The van der Waals surface area contributed by atoms with Gasteiger partial charge in [0.25, 0.3) is 0 Å². The quantitative estimate of drug-likeness (QED) is 0.837. The van der Waals surface area contributed by atoms with Crippen molar-refractivity contribution in [2.45, 2.75) is 32.2 Å². The normalized spacial score (nSPS) is 20.7. The van der Waals surface area contributed by atoms with Crippen molar-refractivity contribution in [1.82, 2.24) is 10.5 Å². The first-order chi connectivity index (χ1) is 7.84. The smallest absolute Gasteiger partial charge is 0.170 e. The zero-order valence-corrected chi connectivity index (χ0v) is 9.49. The number of aryl methyl sites for hydroxylation is 1. The highest BCUT2D eigenvalue weighted by Crippen LogP contribution is 2.23. The molecule has 0 bridgehead atoms. The van der Waals surface area contributed by atoms with Crippen LogP contribution in [0.2, 0.25) is 0 Å². The molecule has 3 rings (SSSR count). The van der Waals surface area contributed by atoms with Crippen LogP contribution in [-0.4, -0.2) is 17.7 Å². The lowest BCUT2D eigenvalue weighted by atomic mass is 10.1. The van der Waals surface area contributed by atoms with E-state index in [0.717, 1.165) is 29.8 Å². The van der Waals surface area contributed by atoms with E-state index >= 15 is 0 Å². The summed E-state index contributed by atoms with van der Waals surface area (Å²) in [6.07, 6.45) is 3.51. The molecule has 1 aromatic carbocycles. The van der Waals surface area contributed by atoms with E-state index in [1.54, 1.807) is 0 Å². The van der Waals surface area contributed by atoms with Crippen LogP contribution in [0.5, 0.6) is 0 Å². The summed E-state index contributed by atoms with van der Waals surface area (Å²) in [5.74, 6) is 0. The Kier molecular flexibility index (Phi) is 2.40. The molecule has 2 heterocycles. The van der Waals surface area contributed by atoms with E-state index in [2.05, 4.69) is 35.6 Å². The maximum Gasteiger partial charge on any atom is 0.170 e. The van der Waals surface area contributed by atoms with Crippen LogP contribution in [0.1, 0.15) is 24.1 Å². The van der Waals surface area contributed by atoms with Gasteiger partial charge < -0.3 is 9.84 Å². The van der Waals surface area contributed by atoms with E-state index in [0.29, 0.717) is 6.04 Å². The van der Waals surface area contributed by atoms with Gasteiger partial charge in [-0.3, -0.25) is 0 Å². The van der Waals surface area contributed by atoms with Crippen molar-refractivity contribution in [2.75, 3.05) is 6.54 Å². The molecule has 0 amide bonds. The Balaban J connectivity index is 1.94. The third-order valence-electron chi connectivity index (χ3n) is 3.37. The molecule has 0 spiro atoms. The summed E-state index contributed by atoms with van der Waals surface area (Å²) < 4.78 is 5.41. The number of rotatable bonds is 2. The fourth-order valence-corrected chi connectivity index (χ4v) is 2.46. The second-order valence-corrected chi connectivity index (χ2v) is 4.58. The fourth-order valence-electron chi connectivity index (χ4n) is 2.46. The maximum atomic E-state index is 5.41. The van der Waals surface area contributed by atoms with E-state index in [1.165, 1.54) is 18.2 Å². The molecule has 1 atom stereocenters. The Labute approximate surface area is 94.8 Å². The van der Waals surface area contributed by atoms with Gasteiger partial charge in [-0.05, 0) is 37.9 Å². The molecular formula is C13H16N2O. The van der Waals surface area contributed by atoms with Gasteiger partial charge in [0.2, 0.25) is 0 Å². The minimum Gasteiger partial charge on any atom is -0.356 e. The molecule has 1 aromatic heterocycles. The van der Waals surface area contributed by atoms with E-state index in [4.69, 9.17) is 4.52 Å². The molecule has 0 radical (unpaired) electrons. The Morgan fingerprint density at radius 3 is 3.25 bits per heavy atom. The number of fused-ring (bicyclic) bond motifs is 1. The lowest BCUT2D eigenvalue weighted by Crippen LogP contribution is -2.23. The molecule has 3 heteroatoms. The van der Waals surface area contributed by atoms with Gasteiger partial charge in [-0.2, -0.15) is 0 Å². The summed E-state index contributed by atoms with van der Waals surface area (Å²) in [6, 6.07) is 6.81. The molecular weight excluding hydrogens is 200 g/mol. The van der Waals surface area contributed by atoms with Crippen molar-refractivity contribution in [1.29, 1.82) is 0 Å².